The Morgan fingerprint density at radius 1 is 0.935 bits per heavy atom. The molecule has 1 saturated heterocycles. The summed E-state index contributed by atoms with van der Waals surface area (Å²) in [6.07, 6.45) is -1.05. The molecule has 1 aliphatic heterocycles. The molecule has 2 aromatic rings. The summed E-state index contributed by atoms with van der Waals surface area (Å²) in [6.45, 7) is 6.86. The molecule has 0 aliphatic carbocycles. The van der Waals surface area contributed by atoms with Gasteiger partial charge in [0.05, 0.1) is 0 Å². The lowest BCUT2D eigenvalue weighted by molar-refractivity contribution is -0.127. The molecule has 4 N–H and O–H groups in total. The average molecular weight is 424 g/mol. The van der Waals surface area contributed by atoms with E-state index in [1.807, 2.05) is 51.1 Å². The lowest BCUT2D eigenvalue weighted by atomic mass is 10.1. The van der Waals surface area contributed by atoms with Crippen molar-refractivity contribution < 1.29 is 14.4 Å². The highest BCUT2D eigenvalue weighted by molar-refractivity contribution is 6.00. The lowest BCUT2D eigenvalue weighted by Gasteiger charge is -2.29. The van der Waals surface area contributed by atoms with Crippen LogP contribution >= 0.6 is 0 Å². The van der Waals surface area contributed by atoms with E-state index in [0.29, 0.717) is 11.3 Å². The van der Waals surface area contributed by atoms with Crippen molar-refractivity contribution in [2.75, 3.05) is 31.5 Å². The topological polar surface area (TPSA) is 108 Å². The molecule has 4 amide bonds. The first-order chi connectivity index (χ1) is 14.8. The molecule has 1 fully saturated rings. The molecular formula is C23H29N5O3. The van der Waals surface area contributed by atoms with Crippen LogP contribution in [0.25, 0.3) is 0 Å². The van der Waals surface area contributed by atoms with Crippen molar-refractivity contribution in [3.05, 3.63) is 64.7 Å². The van der Waals surface area contributed by atoms with Crippen molar-refractivity contribution >= 4 is 23.5 Å². The summed E-state index contributed by atoms with van der Waals surface area (Å²) < 4.78 is 0. The summed E-state index contributed by atoms with van der Waals surface area (Å²) in [5.41, 5.74) is 9.70. The third-order valence-corrected chi connectivity index (χ3v) is 5.14. The van der Waals surface area contributed by atoms with Gasteiger partial charge in [-0.1, -0.05) is 23.8 Å². The van der Waals surface area contributed by atoms with E-state index >= 15 is 0 Å². The first-order valence-corrected chi connectivity index (χ1v) is 10.3. The SMILES string of the molecule is Cc1ccc(C(=O)N2CCN(C(=O)Nc3cc(C)cc(C)c3)C2C(=O)NCCN)cc1. The fourth-order valence-electron chi connectivity index (χ4n) is 3.73. The number of carbonyl (C=O) groups is 3. The molecule has 1 aliphatic rings. The number of aryl methyl sites for hydroxylation is 3. The lowest BCUT2D eigenvalue weighted by Crippen LogP contribution is -2.55. The number of hydrogen-bond donors (Lipinski definition) is 3. The molecule has 0 aromatic heterocycles. The van der Waals surface area contributed by atoms with Gasteiger partial charge in [-0.3, -0.25) is 14.5 Å². The van der Waals surface area contributed by atoms with Crippen molar-refractivity contribution in [3.63, 3.8) is 0 Å². The highest BCUT2D eigenvalue weighted by Crippen LogP contribution is 2.21. The Morgan fingerprint density at radius 2 is 1.55 bits per heavy atom. The fraction of sp³-hybridized carbons (Fsp3) is 0.348. The number of amides is 4. The number of urea groups is 1. The van der Waals surface area contributed by atoms with Crippen molar-refractivity contribution in [2.24, 2.45) is 5.73 Å². The highest BCUT2D eigenvalue weighted by Gasteiger charge is 2.42. The molecule has 8 nitrogen and oxygen atoms in total. The van der Waals surface area contributed by atoms with E-state index in [-0.39, 0.29) is 32.1 Å². The van der Waals surface area contributed by atoms with Crippen LogP contribution in [0.15, 0.2) is 42.5 Å². The average Bonchev–Trinajstić information content (AvgIpc) is 3.16. The van der Waals surface area contributed by atoms with E-state index in [4.69, 9.17) is 5.73 Å². The van der Waals surface area contributed by atoms with Gasteiger partial charge in [-0.15, -0.1) is 0 Å². The molecular weight excluding hydrogens is 394 g/mol. The number of nitrogens with two attached hydrogens (primary N) is 1. The van der Waals surface area contributed by atoms with Crippen LogP contribution in [0, 0.1) is 20.8 Å². The first-order valence-electron chi connectivity index (χ1n) is 10.3. The van der Waals surface area contributed by atoms with Gasteiger partial charge in [0.2, 0.25) is 0 Å². The van der Waals surface area contributed by atoms with E-state index in [2.05, 4.69) is 10.6 Å². The maximum atomic E-state index is 13.1. The molecule has 164 valence electrons. The number of nitrogens with one attached hydrogen (secondary N) is 2. The van der Waals surface area contributed by atoms with Gasteiger partial charge in [0.15, 0.2) is 6.17 Å². The molecule has 1 unspecified atom stereocenters. The van der Waals surface area contributed by atoms with Crippen LogP contribution in [-0.2, 0) is 4.79 Å². The minimum atomic E-state index is -1.05. The predicted octanol–water partition coefficient (Wildman–Crippen LogP) is 2.00. The standard InChI is InChI=1S/C23H29N5O3/c1-15-4-6-18(7-5-15)22(30)27-10-11-28(21(27)20(29)25-9-8-24)23(31)26-19-13-16(2)12-17(3)14-19/h4-7,12-14,21H,8-11,24H2,1-3H3,(H,25,29)(H,26,31). The number of rotatable bonds is 5. The first kappa shape index (κ1) is 22.3. The van der Waals surface area contributed by atoms with Crippen molar-refractivity contribution in [2.45, 2.75) is 26.9 Å². The Morgan fingerprint density at radius 3 is 2.16 bits per heavy atom. The van der Waals surface area contributed by atoms with E-state index in [1.54, 1.807) is 12.1 Å². The van der Waals surface area contributed by atoms with Gasteiger partial charge in [-0.2, -0.15) is 0 Å². The summed E-state index contributed by atoms with van der Waals surface area (Å²) in [6, 6.07) is 12.4. The van der Waals surface area contributed by atoms with E-state index in [1.165, 1.54) is 9.80 Å². The van der Waals surface area contributed by atoms with Crippen LogP contribution in [0.1, 0.15) is 27.0 Å². The summed E-state index contributed by atoms with van der Waals surface area (Å²) in [5.74, 6) is -0.728. The van der Waals surface area contributed by atoms with Gasteiger partial charge in [-0.25, -0.2) is 4.79 Å². The van der Waals surface area contributed by atoms with Gasteiger partial charge in [0.1, 0.15) is 0 Å². The van der Waals surface area contributed by atoms with E-state index in [9.17, 15) is 14.4 Å². The molecule has 0 saturated carbocycles. The summed E-state index contributed by atoms with van der Waals surface area (Å²) in [7, 11) is 0. The summed E-state index contributed by atoms with van der Waals surface area (Å²) in [5, 5.41) is 5.56. The van der Waals surface area contributed by atoms with Crippen LogP contribution in [-0.4, -0.2) is 60.0 Å². The fourth-order valence-corrected chi connectivity index (χ4v) is 3.73. The third kappa shape index (κ3) is 5.21. The molecule has 0 spiro atoms. The minimum absolute atomic E-state index is 0.245. The number of hydrogen-bond acceptors (Lipinski definition) is 4. The molecule has 31 heavy (non-hydrogen) atoms. The number of benzene rings is 2. The summed E-state index contributed by atoms with van der Waals surface area (Å²) in [4.78, 5) is 41.9. The zero-order valence-corrected chi connectivity index (χ0v) is 18.1. The second kappa shape index (κ2) is 9.61. The van der Waals surface area contributed by atoms with Crippen molar-refractivity contribution in [3.8, 4) is 0 Å². The Labute approximate surface area is 182 Å². The van der Waals surface area contributed by atoms with Crippen LogP contribution in [0.2, 0.25) is 0 Å². The van der Waals surface area contributed by atoms with Crippen molar-refractivity contribution in [1.82, 2.24) is 15.1 Å². The third-order valence-electron chi connectivity index (χ3n) is 5.14. The smallest absolute Gasteiger partial charge is 0.323 e. The second-order valence-electron chi connectivity index (χ2n) is 7.82. The number of carbonyl (C=O) groups excluding carboxylic acids is 3. The Balaban J connectivity index is 1.84. The van der Waals surface area contributed by atoms with Gasteiger partial charge in [0, 0.05) is 37.4 Å². The number of anilines is 1. The van der Waals surface area contributed by atoms with Crippen LogP contribution in [0.3, 0.4) is 0 Å². The Bertz CT molecular complexity index is 953. The quantitative estimate of drug-likeness (QED) is 0.684. The normalized spacial score (nSPS) is 15.7. The van der Waals surface area contributed by atoms with E-state index in [0.717, 1.165) is 16.7 Å². The largest absolute Gasteiger partial charge is 0.351 e. The molecule has 1 heterocycles. The zero-order chi connectivity index (χ0) is 22.5. The Kier molecular flexibility index (Phi) is 6.91. The number of nitrogens with zero attached hydrogens (tertiary/aromatic N) is 2. The highest BCUT2D eigenvalue weighted by atomic mass is 16.2. The van der Waals surface area contributed by atoms with Gasteiger partial charge in [-0.05, 0) is 56.2 Å². The molecule has 0 bridgehead atoms. The monoisotopic (exact) mass is 423 g/mol. The Hall–Kier alpha value is -3.39. The van der Waals surface area contributed by atoms with Gasteiger partial charge >= 0.3 is 6.03 Å². The maximum absolute atomic E-state index is 13.1. The zero-order valence-electron chi connectivity index (χ0n) is 18.1. The predicted molar refractivity (Wildman–Crippen MR) is 120 cm³/mol. The molecule has 3 rings (SSSR count). The molecule has 0 radical (unpaired) electrons. The maximum Gasteiger partial charge on any atom is 0.323 e. The van der Waals surface area contributed by atoms with Crippen molar-refractivity contribution in [1.29, 1.82) is 0 Å². The second-order valence-corrected chi connectivity index (χ2v) is 7.82. The van der Waals surface area contributed by atoms with Crippen LogP contribution < -0.4 is 16.4 Å². The summed E-state index contributed by atoms with van der Waals surface area (Å²) >= 11 is 0. The van der Waals surface area contributed by atoms with E-state index < -0.39 is 18.1 Å². The minimum Gasteiger partial charge on any atom is -0.351 e. The van der Waals surface area contributed by atoms with Gasteiger partial charge in [0.25, 0.3) is 11.8 Å². The van der Waals surface area contributed by atoms with Crippen LogP contribution in [0.5, 0.6) is 0 Å². The molecule has 8 heteroatoms. The molecule has 2 aromatic carbocycles. The van der Waals surface area contributed by atoms with Crippen LogP contribution in [0.4, 0.5) is 10.5 Å². The van der Waals surface area contributed by atoms with Gasteiger partial charge < -0.3 is 21.3 Å². The molecule has 1 atom stereocenters.